The Hall–Kier alpha value is -1.93. The number of hydrogen-bond donors (Lipinski definition) is 1. The molecule has 1 saturated heterocycles. The Labute approximate surface area is 147 Å². The summed E-state index contributed by atoms with van der Waals surface area (Å²) in [6.07, 6.45) is 0. The lowest BCUT2D eigenvalue weighted by Crippen LogP contribution is -2.42. The van der Waals surface area contributed by atoms with E-state index in [0.717, 1.165) is 10.0 Å². The third-order valence-electron chi connectivity index (χ3n) is 4.10. The molecule has 0 amide bonds. The summed E-state index contributed by atoms with van der Waals surface area (Å²) in [4.78, 5) is 36.6. The van der Waals surface area contributed by atoms with Crippen LogP contribution in [0.25, 0.3) is 0 Å². The predicted molar refractivity (Wildman–Crippen MR) is 86.8 cm³/mol. The highest BCUT2D eigenvalue weighted by Crippen LogP contribution is 2.39. The summed E-state index contributed by atoms with van der Waals surface area (Å²) in [5, 5.41) is 3.02. The second kappa shape index (κ2) is 7.76. The molecule has 1 fully saturated rings. The number of carbonyl (C=O) groups is 3. The number of rotatable bonds is 4. The first-order chi connectivity index (χ1) is 11.4. The molecular weight excluding hydrogens is 382 g/mol. The van der Waals surface area contributed by atoms with Crippen LogP contribution in [0.15, 0.2) is 28.7 Å². The highest BCUT2D eigenvalue weighted by Gasteiger charge is 2.55. The lowest BCUT2D eigenvalue weighted by molar-refractivity contribution is -0.159. The van der Waals surface area contributed by atoms with Gasteiger partial charge >= 0.3 is 17.9 Å². The van der Waals surface area contributed by atoms with E-state index in [1.807, 2.05) is 12.1 Å². The van der Waals surface area contributed by atoms with Crippen molar-refractivity contribution in [3.05, 3.63) is 34.3 Å². The molecule has 1 N–H and O–H groups in total. The SMILES string of the molecule is COC(=O)[C@H]1[C@H](C(=O)OC)[C@H](c2ccc(Br)cc2)N[C@@H]1C(=O)OC. The van der Waals surface area contributed by atoms with Gasteiger partial charge in [-0.25, -0.2) is 0 Å². The maximum atomic E-state index is 12.3. The van der Waals surface area contributed by atoms with Crippen molar-refractivity contribution in [2.45, 2.75) is 12.1 Å². The number of nitrogens with one attached hydrogen (secondary N) is 1. The smallest absolute Gasteiger partial charge is 0.323 e. The van der Waals surface area contributed by atoms with Crippen molar-refractivity contribution in [2.75, 3.05) is 21.3 Å². The third-order valence-corrected chi connectivity index (χ3v) is 4.62. The topological polar surface area (TPSA) is 90.9 Å². The van der Waals surface area contributed by atoms with Crippen molar-refractivity contribution < 1.29 is 28.6 Å². The fourth-order valence-electron chi connectivity index (χ4n) is 2.97. The standard InChI is InChI=1S/C16H18BrNO6/c1-22-14(19)10-11(15(20)23-2)13(16(21)24-3)18-12(10)8-4-6-9(17)7-5-8/h4-7,10-13,18H,1-3H3/t10-,11-,12-,13-/m0/s1. The molecule has 2 rings (SSSR count). The number of carbonyl (C=O) groups excluding carboxylic acids is 3. The predicted octanol–water partition coefficient (Wildman–Crippen LogP) is 1.21. The van der Waals surface area contributed by atoms with Crippen molar-refractivity contribution in [1.29, 1.82) is 0 Å². The molecule has 0 saturated carbocycles. The summed E-state index contributed by atoms with van der Waals surface area (Å²) in [7, 11) is 3.66. The Morgan fingerprint density at radius 1 is 0.875 bits per heavy atom. The van der Waals surface area contributed by atoms with Gasteiger partial charge in [-0.15, -0.1) is 0 Å². The molecule has 0 aromatic heterocycles. The molecule has 0 aliphatic carbocycles. The molecule has 1 aromatic carbocycles. The molecule has 0 bridgehead atoms. The average Bonchev–Trinajstić information content (AvgIpc) is 3.00. The van der Waals surface area contributed by atoms with Crippen molar-refractivity contribution in [2.24, 2.45) is 11.8 Å². The second-order valence-electron chi connectivity index (χ2n) is 5.29. The van der Waals surface area contributed by atoms with E-state index < -0.39 is 41.8 Å². The average molecular weight is 400 g/mol. The zero-order valence-corrected chi connectivity index (χ0v) is 15.0. The first kappa shape index (κ1) is 18.4. The van der Waals surface area contributed by atoms with E-state index in [1.165, 1.54) is 21.3 Å². The monoisotopic (exact) mass is 399 g/mol. The Morgan fingerprint density at radius 2 is 1.38 bits per heavy atom. The molecule has 1 aliphatic heterocycles. The summed E-state index contributed by atoms with van der Waals surface area (Å²) >= 11 is 3.34. The van der Waals surface area contributed by atoms with Crippen LogP contribution >= 0.6 is 15.9 Å². The maximum absolute atomic E-state index is 12.3. The molecular formula is C16H18BrNO6. The van der Waals surface area contributed by atoms with Gasteiger partial charge in [0.15, 0.2) is 0 Å². The lowest BCUT2D eigenvalue weighted by Gasteiger charge is -2.21. The molecule has 1 aromatic rings. The summed E-state index contributed by atoms with van der Waals surface area (Å²) in [6.45, 7) is 0. The van der Waals surface area contributed by atoms with Crippen LogP contribution in [-0.4, -0.2) is 45.3 Å². The van der Waals surface area contributed by atoms with Crippen molar-refractivity contribution >= 4 is 33.8 Å². The minimum absolute atomic E-state index is 0.584. The van der Waals surface area contributed by atoms with E-state index in [2.05, 4.69) is 21.2 Å². The largest absolute Gasteiger partial charge is 0.469 e. The second-order valence-corrected chi connectivity index (χ2v) is 6.21. The van der Waals surface area contributed by atoms with Crippen LogP contribution in [0.1, 0.15) is 11.6 Å². The molecule has 24 heavy (non-hydrogen) atoms. The van der Waals surface area contributed by atoms with Crippen LogP contribution in [0.2, 0.25) is 0 Å². The molecule has 8 heteroatoms. The number of methoxy groups -OCH3 is 3. The molecule has 1 heterocycles. The van der Waals surface area contributed by atoms with Gasteiger partial charge in [-0.1, -0.05) is 28.1 Å². The summed E-state index contributed by atoms with van der Waals surface area (Å²) in [6, 6.07) is 5.63. The first-order valence-electron chi connectivity index (χ1n) is 7.19. The van der Waals surface area contributed by atoms with Gasteiger partial charge in [0, 0.05) is 10.5 Å². The lowest BCUT2D eigenvalue weighted by atomic mass is 9.84. The van der Waals surface area contributed by atoms with E-state index in [9.17, 15) is 14.4 Å². The van der Waals surface area contributed by atoms with Gasteiger partial charge in [0.25, 0.3) is 0 Å². The quantitative estimate of drug-likeness (QED) is 0.600. The number of esters is 3. The Balaban J connectivity index is 2.48. The van der Waals surface area contributed by atoms with Gasteiger partial charge in [0.1, 0.15) is 6.04 Å². The Kier molecular flexibility index (Phi) is 5.95. The van der Waals surface area contributed by atoms with Crippen LogP contribution in [0.4, 0.5) is 0 Å². The van der Waals surface area contributed by atoms with E-state index >= 15 is 0 Å². The molecule has 7 nitrogen and oxygen atoms in total. The summed E-state index contributed by atoms with van der Waals surface area (Å²) in [5.74, 6) is -3.86. The highest BCUT2D eigenvalue weighted by molar-refractivity contribution is 9.10. The van der Waals surface area contributed by atoms with Crippen molar-refractivity contribution in [3.8, 4) is 0 Å². The number of halogens is 1. The molecule has 0 spiro atoms. The minimum atomic E-state index is -1.04. The number of benzene rings is 1. The number of hydrogen-bond acceptors (Lipinski definition) is 7. The van der Waals surface area contributed by atoms with Crippen LogP contribution in [0.3, 0.4) is 0 Å². The van der Waals surface area contributed by atoms with Gasteiger partial charge in [-0.2, -0.15) is 0 Å². The van der Waals surface area contributed by atoms with E-state index in [0.29, 0.717) is 0 Å². The van der Waals surface area contributed by atoms with Gasteiger partial charge in [-0.3, -0.25) is 19.7 Å². The van der Waals surface area contributed by atoms with E-state index in [-0.39, 0.29) is 0 Å². The normalized spacial score (nSPS) is 25.8. The zero-order chi connectivity index (χ0) is 17.9. The zero-order valence-electron chi connectivity index (χ0n) is 13.4. The van der Waals surface area contributed by atoms with Crippen LogP contribution < -0.4 is 5.32 Å². The Morgan fingerprint density at radius 3 is 1.88 bits per heavy atom. The third kappa shape index (κ3) is 3.44. The molecule has 1 aliphatic rings. The maximum Gasteiger partial charge on any atom is 0.323 e. The molecule has 0 unspecified atom stereocenters. The summed E-state index contributed by atoms with van der Waals surface area (Å²) < 4.78 is 15.3. The molecule has 4 atom stereocenters. The van der Waals surface area contributed by atoms with Crippen molar-refractivity contribution in [3.63, 3.8) is 0 Å². The summed E-state index contributed by atoms with van der Waals surface area (Å²) in [5.41, 5.74) is 0.744. The first-order valence-corrected chi connectivity index (χ1v) is 7.98. The fourth-order valence-corrected chi connectivity index (χ4v) is 3.23. The molecule has 130 valence electrons. The van der Waals surface area contributed by atoms with Crippen molar-refractivity contribution in [1.82, 2.24) is 5.32 Å². The van der Waals surface area contributed by atoms with E-state index in [1.54, 1.807) is 12.1 Å². The van der Waals surface area contributed by atoms with Crippen LogP contribution in [-0.2, 0) is 28.6 Å². The Bertz CT molecular complexity index is 632. The highest BCUT2D eigenvalue weighted by atomic mass is 79.9. The van der Waals surface area contributed by atoms with Crippen LogP contribution in [0.5, 0.6) is 0 Å². The van der Waals surface area contributed by atoms with Gasteiger partial charge < -0.3 is 14.2 Å². The molecule has 0 radical (unpaired) electrons. The van der Waals surface area contributed by atoms with E-state index in [4.69, 9.17) is 14.2 Å². The van der Waals surface area contributed by atoms with Gasteiger partial charge in [0.2, 0.25) is 0 Å². The fraction of sp³-hybridized carbons (Fsp3) is 0.438. The van der Waals surface area contributed by atoms with Gasteiger partial charge in [0.05, 0.1) is 33.2 Å². The van der Waals surface area contributed by atoms with Crippen LogP contribution in [0, 0.1) is 11.8 Å². The number of ether oxygens (including phenoxy) is 3. The minimum Gasteiger partial charge on any atom is -0.469 e. The van der Waals surface area contributed by atoms with Gasteiger partial charge in [-0.05, 0) is 17.7 Å².